The van der Waals surface area contributed by atoms with Crippen molar-refractivity contribution in [3.05, 3.63) is 59.8 Å². The molecule has 37 heavy (non-hydrogen) atoms. The predicted molar refractivity (Wildman–Crippen MR) is 141 cm³/mol. The van der Waals surface area contributed by atoms with Crippen LogP contribution < -0.4 is 15.2 Å². The standard InChI is InChI=1S/C27H33N5O4S/c1-16(2)15-36-23-9-5-7-20(29-23)21-14-13-19(26(30-21)25-17(3)11-12-18(25)4)27(33)32-37(34,35)24-10-6-8-22(28)31-24/h5-10,13-14,16-18,25H,11-12,15H2,1-4H3,(H2,28,31)(H,32,33)/t17-,18+,25?. The first kappa shape index (κ1) is 26.5. The van der Waals surface area contributed by atoms with Crippen molar-refractivity contribution >= 4 is 21.7 Å². The highest BCUT2D eigenvalue weighted by Gasteiger charge is 2.36. The van der Waals surface area contributed by atoms with E-state index in [9.17, 15) is 13.2 Å². The van der Waals surface area contributed by atoms with Crippen LogP contribution in [-0.4, -0.2) is 35.9 Å². The van der Waals surface area contributed by atoms with E-state index in [1.165, 1.54) is 18.2 Å². The van der Waals surface area contributed by atoms with Crippen LogP contribution in [0.4, 0.5) is 5.82 Å². The lowest BCUT2D eigenvalue weighted by Crippen LogP contribution is -2.33. The summed E-state index contributed by atoms with van der Waals surface area (Å²) in [5.74, 6) is 0.704. The van der Waals surface area contributed by atoms with Crippen molar-refractivity contribution in [3.63, 3.8) is 0 Å². The van der Waals surface area contributed by atoms with Crippen LogP contribution in [0.3, 0.4) is 0 Å². The van der Waals surface area contributed by atoms with E-state index in [0.717, 1.165) is 12.8 Å². The number of sulfonamides is 1. The normalized spacial score (nSPS) is 19.6. The summed E-state index contributed by atoms with van der Waals surface area (Å²) in [6.07, 6.45) is 2.00. The first-order valence-corrected chi connectivity index (χ1v) is 13.9. The quantitative estimate of drug-likeness (QED) is 0.442. The van der Waals surface area contributed by atoms with Gasteiger partial charge in [-0.3, -0.25) is 9.78 Å². The van der Waals surface area contributed by atoms with Crippen LogP contribution >= 0.6 is 0 Å². The highest BCUT2D eigenvalue weighted by molar-refractivity contribution is 7.90. The van der Waals surface area contributed by atoms with Gasteiger partial charge >= 0.3 is 0 Å². The van der Waals surface area contributed by atoms with E-state index in [0.29, 0.717) is 35.5 Å². The Bertz CT molecular complexity index is 1380. The Kier molecular flexibility index (Phi) is 7.77. The average Bonchev–Trinajstić information content (AvgIpc) is 3.19. The number of amides is 1. The lowest BCUT2D eigenvalue weighted by atomic mass is 9.85. The topological polar surface area (TPSA) is 137 Å². The van der Waals surface area contributed by atoms with Gasteiger partial charge in [-0.05, 0) is 60.9 Å². The third-order valence-corrected chi connectivity index (χ3v) is 7.82. The summed E-state index contributed by atoms with van der Waals surface area (Å²) in [4.78, 5) is 26.7. The molecule has 3 heterocycles. The zero-order chi connectivity index (χ0) is 26.7. The van der Waals surface area contributed by atoms with Crippen LogP contribution in [0.1, 0.15) is 62.5 Å². The van der Waals surface area contributed by atoms with Gasteiger partial charge in [0.15, 0.2) is 5.03 Å². The van der Waals surface area contributed by atoms with Crippen LogP contribution in [0.15, 0.2) is 53.6 Å². The SMILES string of the molecule is CC(C)COc1cccc(-c2ccc(C(=O)NS(=O)(=O)c3cccc(N)n3)c(C3[C@H](C)CC[C@@H]3C)n2)n1. The Labute approximate surface area is 218 Å². The number of anilines is 1. The van der Waals surface area contributed by atoms with Gasteiger partial charge in [-0.2, -0.15) is 8.42 Å². The van der Waals surface area contributed by atoms with Gasteiger partial charge in [-0.1, -0.05) is 39.8 Å². The first-order valence-electron chi connectivity index (χ1n) is 12.5. The van der Waals surface area contributed by atoms with Crippen molar-refractivity contribution in [1.29, 1.82) is 0 Å². The summed E-state index contributed by atoms with van der Waals surface area (Å²) in [5, 5.41) is -0.322. The molecule has 196 valence electrons. The lowest BCUT2D eigenvalue weighted by molar-refractivity contribution is 0.0979. The number of rotatable bonds is 8. The van der Waals surface area contributed by atoms with Gasteiger partial charge in [-0.15, -0.1) is 0 Å². The Morgan fingerprint density at radius 3 is 2.35 bits per heavy atom. The second-order valence-corrected chi connectivity index (χ2v) is 11.7. The fourth-order valence-corrected chi connectivity index (χ4v) is 5.69. The molecular formula is C27H33N5O4S. The molecule has 9 nitrogen and oxygen atoms in total. The van der Waals surface area contributed by atoms with E-state index in [1.54, 1.807) is 18.2 Å². The summed E-state index contributed by atoms with van der Waals surface area (Å²) >= 11 is 0. The Hall–Kier alpha value is -3.53. The van der Waals surface area contributed by atoms with E-state index >= 15 is 0 Å². The summed E-state index contributed by atoms with van der Waals surface area (Å²) in [6, 6.07) is 13.0. The number of nitrogens with zero attached hydrogens (tertiary/aromatic N) is 3. The van der Waals surface area contributed by atoms with Crippen molar-refractivity contribution in [2.75, 3.05) is 12.3 Å². The number of nitrogens with one attached hydrogen (secondary N) is 1. The van der Waals surface area contributed by atoms with E-state index in [1.807, 2.05) is 12.1 Å². The Balaban J connectivity index is 1.72. The maximum Gasteiger partial charge on any atom is 0.281 e. The second-order valence-electron chi connectivity index (χ2n) is 10.1. The number of hydrogen-bond acceptors (Lipinski definition) is 8. The number of aromatic nitrogens is 3. The number of nitrogen functional groups attached to an aromatic ring is 1. The van der Waals surface area contributed by atoms with E-state index < -0.39 is 15.9 Å². The van der Waals surface area contributed by atoms with Gasteiger partial charge in [0.1, 0.15) is 5.82 Å². The monoisotopic (exact) mass is 523 g/mol. The van der Waals surface area contributed by atoms with Crippen molar-refractivity contribution in [1.82, 2.24) is 19.7 Å². The maximum atomic E-state index is 13.3. The number of ether oxygens (including phenoxy) is 1. The van der Waals surface area contributed by atoms with Crippen LogP contribution in [0.25, 0.3) is 11.4 Å². The molecule has 0 aromatic carbocycles. The number of hydrogen-bond donors (Lipinski definition) is 2. The minimum Gasteiger partial charge on any atom is -0.477 e. The molecule has 1 fully saturated rings. The maximum absolute atomic E-state index is 13.3. The fourth-order valence-electron chi connectivity index (χ4n) is 4.75. The zero-order valence-corrected chi connectivity index (χ0v) is 22.3. The van der Waals surface area contributed by atoms with Gasteiger partial charge in [0.25, 0.3) is 15.9 Å². The summed E-state index contributed by atoms with van der Waals surface area (Å²) in [6.45, 7) is 8.94. The summed E-state index contributed by atoms with van der Waals surface area (Å²) in [7, 11) is -4.23. The number of pyridine rings is 3. The highest BCUT2D eigenvalue weighted by Crippen LogP contribution is 2.44. The van der Waals surface area contributed by atoms with Crippen LogP contribution in [0.5, 0.6) is 5.88 Å². The Morgan fingerprint density at radius 2 is 1.68 bits per heavy atom. The molecule has 3 aromatic heterocycles. The van der Waals surface area contributed by atoms with Gasteiger partial charge in [0.05, 0.1) is 29.3 Å². The number of carbonyl (C=O) groups excluding carboxylic acids is 1. The Morgan fingerprint density at radius 1 is 1.00 bits per heavy atom. The molecule has 4 rings (SSSR count). The molecule has 1 amide bonds. The van der Waals surface area contributed by atoms with Gasteiger partial charge in [-0.25, -0.2) is 14.7 Å². The number of carbonyl (C=O) groups is 1. The molecule has 0 aliphatic heterocycles. The molecule has 1 saturated carbocycles. The van der Waals surface area contributed by atoms with Gasteiger partial charge in [0.2, 0.25) is 5.88 Å². The third kappa shape index (κ3) is 6.07. The molecule has 1 aliphatic carbocycles. The van der Waals surface area contributed by atoms with Crippen molar-refractivity contribution in [2.24, 2.45) is 17.8 Å². The van der Waals surface area contributed by atoms with Crippen molar-refractivity contribution in [3.8, 4) is 17.3 Å². The van der Waals surface area contributed by atoms with E-state index in [-0.39, 0.29) is 34.2 Å². The van der Waals surface area contributed by atoms with E-state index in [2.05, 4.69) is 42.4 Å². The minimum atomic E-state index is -4.23. The molecule has 0 bridgehead atoms. The predicted octanol–water partition coefficient (Wildman–Crippen LogP) is 4.42. The molecule has 3 aromatic rings. The molecule has 1 aliphatic rings. The third-order valence-electron chi connectivity index (χ3n) is 6.59. The lowest BCUT2D eigenvalue weighted by Gasteiger charge is -2.23. The van der Waals surface area contributed by atoms with Crippen LogP contribution in [-0.2, 0) is 10.0 Å². The average molecular weight is 524 g/mol. The highest BCUT2D eigenvalue weighted by atomic mass is 32.2. The summed E-state index contributed by atoms with van der Waals surface area (Å²) in [5.41, 5.74) is 7.63. The zero-order valence-electron chi connectivity index (χ0n) is 21.5. The van der Waals surface area contributed by atoms with Gasteiger partial charge < -0.3 is 10.5 Å². The van der Waals surface area contributed by atoms with Crippen molar-refractivity contribution in [2.45, 2.75) is 51.5 Å². The molecule has 3 N–H and O–H groups in total. The molecule has 1 unspecified atom stereocenters. The van der Waals surface area contributed by atoms with Crippen molar-refractivity contribution < 1.29 is 17.9 Å². The smallest absolute Gasteiger partial charge is 0.281 e. The molecular weight excluding hydrogens is 490 g/mol. The van der Waals surface area contributed by atoms with Crippen LogP contribution in [0, 0.1) is 17.8 Å². The minimum absolute atomic E-state index is 0.00530. The largest absolute Gasteiger partial charge is 0.477 e. The van der Waals surface area contributed by atoms with Gasteiger partial charge in [0, 0.05) is 12.0 Å². The number of nitrogens with two attached hydrogens (primary N) is 1. The van der Waals surface area contributed by atoms with Crippen LogP contribution in [0.2, 0.25) is 0 Å². The fraction of sp³-hybridized carbons (Fsp3) is 0.407. The molecule has 0 radical (unpaired) electrons. The summed E-state index contributed by atoms with van der Waals surface area (Å²) < 4.78 is 33.7. The first-order chi connectivity index (χ1) is 17.5. The van der Waals surface area contributed by atoms with E-state index in [4.69, 9.17) is 15.5 Å². The molecule has 10 heteroatoms. The molecule has 0 saturated heterocycles. The molecule has 3 atom stereocenters. The second kappa shape index (κ2) is 10.8. The molecule has 0 spiro atoms.